The van der Waals surface area contributed by atoms with Crippen LogP contribution in [0.25, 0.3) is 0 Å². The highest BCUT2D eigenvalue weighted by Crippen LogP contribution is 2.54. The molecule has 0 radical (unpaired) electrons. The van der Waals surface area contributed by atoms with E-state index >= 15 is 0 Å². The maximum absolute atomic E-state index is 12.4. The number of thiophene rings is 1. The van der Waals surface area contributed by atoms with Crippen LogP contribution >= 0.6 is 23.1 Å². The quantitative estimate of drug-likeness (QED) is 0.440. The number of anilines is 1. The molecule has 2 aromatic heterocycles. The summed E-state index contributed by atoms with van der Waals surface area (Å²) in [6.07, 6.45) is 1.06. The number of esters is 1. The maximum atomic E-state index is 12.4. The normalized spacial score (nSPS) is 17.6. The number of benzene rings is 1. The molecule has 1 aromatic carbocycles. The number of nitrogens with one attached hydrogen (secondary N) is 1. The molecule has 1 N–H and O–H groups in total. The van der Waals surface area contributed by atoms with E-state index in [4.69, 9.17) is 4.74 Å². The Labute approximate surface area is 182 Å². The van der Waals surface area contributed by atoms with Crippen molar-refractivity contribution in [2.45, 2.75) is 30.3 Å². The summed E-state index contributed by atoms with van der Waals surface area (Å²) in [5.74, 6) is 1.31. The van der Waals surface area contributed by atoms with E-state index in [1.807, 2.05) is 24.6 Å². The second kappa shape index (κ2) is 8.61. The molecule has 9 heteroatoms. The van der Waals surface area contributed by atoms with Crippen LogP contribution in [0.15, 0.2) is 41.6 Å². The molecule has 1 aliphatic carbocycles. The Balaban J connectivity index is 1.36. The van der Waals surface area contributed by atoms with Gasteiger partial charge in [0.1, 0.15) is 10.8 Å². The van der Waals surface area contributed by atoms with Gasteiger partial charge in [0.15, 0.2) is 5.16 Å². The average Bonchev–Trinajstić information content (AvgIpc) is 3.33. The highest BCUT2D eigenvalue weighted by Gasteiger charge is 2.42. The molecule has 1 saturated carbocycles. The van der Waals surface area contributed by atoms with Crippen LogP contribution in [0.4, 0.5) is 5.00 Å². The molecule has 0 saturated heterocycles. The predicted octanol–water partition coefficient (Wildman–Crippen LogP) is 3.97. The summed E-state index contributed by atoms with van der Waals surface area (Å²) in [4.78, 5) is 25.2. The first-order valence-electron chi connectivity index (χ1n) is 9.53. The van der Waals surface area contributed by atoms with Crippen molar-refractivity contribution in [2.75, 3.05) is 18.2 Å². The van der Waals surface area contributed by atoms with E-state index in [2.05, 4.69) is 39.8 Å². The Bertz CT molecular complexity index is 1080. The largest absolute Gasteiger partial charge is 0.465 e. The Morgan fingerprint density at radius 2 is 2.03 bits per heavy atom. The van der Waals surface area contributed by atoms with Gasteiger partial charge in [-0.3, -0.25) is 4.79 Å². The van der Waals surface area contributed by atoms with Gasteiger partial charge in [-0.15, -0.1) is 21.5 Å². The lowest BCUT2D eigenvalue weighted by atomic mass is 10.1. The van der Waals surface area contributed by atoms with Gasteiger partial charge in [-0.05, 0) is 30.9 Å². The third kappa shape index (κ3) is 4.27. The fourth-order valence-corrected chi connectivity index (χ4v) is 5.12. The van der Waals surface area contributed by atoms with Crippen molar-refractivity contribution >= 4 is 40.0 Å². The summed E-state index contributed by atoms with van der Waals surface area (Å²) in [6, 6.07) is 12.2. The molecule has 7 nitrogen and oxygen atoms in total. The minimum atomic E-state index is -0.461. The van der Waals surface area contributed by atoms with Crippen LogP contribution in [0.5, 0.6) is 0 Å². The van der Waals surface area contributed by atoms with Crippen molar-refractivity contribution in [1.29, 1.82) is 0 Å². The third-order valence-electron chi connectivity index (χ3n) is 5.06. The smallest absolute Gasteiger partial charge is 0.340 e. The standard InChI is InChI=1S/C21H22N4O3S2/c1-12-9-16(20(27)28-3)19(30-12)22-17(26)11-29-21-24-23-18(25(21)2)15-10-14(15)13-7-5-4-6-8-13/h4-9,14-15H,10-11H2,1-3H3,(H,22,26). The van der Waals surface area contributed by atoms with Crippen LogP contribution in [-0.2, 0) is 16.6 Å². The van der Waals surface area contributed by atoms with E-state index in [0.717, 1.165) is 17.1 Å². The van der Waals surface area contributed by atoms with Crippen LogP contribution in [0.3, 0.4) is 0 Å². The van der Waals surface area contributed by atoms with Crippen molar-refractivity contribution in [3.63, 3.8) is 0 Å². The minimum absolute atomic E-state index is 0.177. The number of hydrogen-bond donors (Lipinski definition) is 1. The third-order valence-corrected chi connectivity index (χ3v) is 7.05. The molecule has 1 aliphatic rings. The fourth-order valence-electron chi connectivity index (χ4n) is 3.49. The SMILES string of the molecule is COC(=O)c1cc(C)sc1NC(=O)CSc1nnc(C2CC2c2ccccc2)n1C. The van der Waals surface area contributed by atoms with Gasteiger partial charge in [-0.1, -0.05) is 42.1 Å². The maximum Gasteiger partial charge on any atom is 0.340 e. The number of aryl methyl sites for hydroxylation is 1. The van der Waals surface area contributed by atoms with Crippen molar-refractivity contribution < 1.29 is 14.3 Å². The molecule has 156 valence electrons. The van der Waals surface area contributed by atoms with E-state index in [-0.39, 0.29) is 11.7 Å². The van der Waals surface area contributed by atoms with Crippen LogP contribution in [-0.4, -0.2) is 39.5 Å². The molecule has 2 atom stereocenters. The predicted molar refractivity (Wildman–Crippen MR) is 117 cm³/mol. The number of rotatable bonds is 7. The summed E-state index contributed by atoms with van der Waals surface area (Å²) in [7, 11) is 3.26. The van der Waals surface area contributed by atoms with E-state index in [0.29, 0.717) is 27.6 Å². The van der Waals surface area contributed by atoms with Gasteiger partial charge in [0.05, 0.1) is 18.4 Å². The molecular weight excluding hydrogens is 420 g/mol. The molecule has 0 spiro atoms. The molecule has 1 fully saturated rings. The molecule has 30 heavy (non-hydrogen) atoms. The summed E-state index contributed by atoms with van der Waals surface area (Å²) >= 11 is 2.68. The lowest BCUT2D eigenvalue weighted by Crippen LogP contribution is -2.16. The Morgan fingerprint density at radius 3 is 2.77 bits per heavy atom. The number of thioether (sulfide) groups is 1. The zero-order valence-corrected chi connectivity index (χ0v) is 18.5. The molecule has 4 rings (SSSR count). The molecule has 1 amide bonds. The van der Waals surface area contributed by atoms with E-state index < -0.39 is 5.97 Å². The number of ether oxygens (including phenoxy) is 1. The van der Waals surface area contributed by atoms with Gasteiger partial charge < -0.3 is 14.6 Å². The summed E-state index contributed by atoms with van der Waals surface area (Å²) in [5, 5.41) is 12.7. The fraction of sp³-hybridized carbons (Fsp3) is 0.333. The van der Waals surface area contributed by atoms with Crippen LogP contribution < -0.4 is 5.32 Å². The van der Waals surface area contributed by atoms with E-state index in [9.17, 15) is 9.59 Å². The Hall–Kier alpha value is -2.65. The lowest BCUT2D eigenvalue weighted by molar-refractivity contribution is -0.113. The van der Waals surface area contributed by atoms with Gasteiger partial charge in [0.25, 0.3) is 0 Å². The summed E-state index contributed by atoms with van der Waals surface area (Å²) in [6.45, 7) is 1.88. The van der Waals surface area contributed by atoms with Crippen LogP contribution in [0.1, 0.15) is 44.9 Å². The van der Waals surface area contributed by atoms with Crippen molar-refractivity contribution in [3.8, 4) is 0 Å². The lowest BCUT2D eigenvalue weighted by Gasteiger charge is -2.06. The van der Waals surface area contributed by atoms with Crippen LogP contribution in [0, 0.1) is 6.92 Å². The second-order valence-corrected chi connectivity index (χ2v) is 9.39. The van der Waals surface area contributed by atoms with Gasteiger partial charge in [-0.25, -0.2) is 4.79 Å². The molecule has 2 unspecified atom stereocenters. The number of carbonyl (C=O) groups excluding carboxylic acids is 2. The number of hydrogen-bond acceptors (Lipinski definition) is 7. The van der Waals surface area contributed by atoms with Gasteiger partial charge in [0, 0.05) is 17.8 Å². The first kappa shape index (κ1) is 20.6. The number of nitrogens with zero attached hydrogens (tertiary/aromatic N) is 3. The molecule has 2 heterocycles. The minimum Gasteiger partial charge on any atom is -0.465 e. The zero-order chi connectivity index (χ0) is 21.3. The second-order valence-electron chi connectivity index (χ2n) is 7.19. The first-order chi connectivity index (χ1) is 14.5. The summed E-state index contributed by atoms with van der Waals surface area (Å²) in [5.41, 5.74) is 1.70. The van der Waals surface area contributed by atoms with Crippen molar-refractivity contribution in [1.82, 2.24) is 14.8 Å². The first-order valence-corrected chi connectivity index (χ1v) is 11.3. The monoisotopic (exact) mass is 442 g/mol. The van der Waals surface area contributed by atoms with Crippen molar-refractivity contribution in [3.05, 3.63) is 58.2 Å². The van der Waals surface area contributed by atoms with Gasteiger partial charge in [0.2, 0.25) is 5.91 Å². The highest BCUT2D eigenvalue weighted by atomic mass is 32.2. The number of methoxy groups -OCH3 is 1. The van der Waals surface area contributed by atoms with Gasteiger partial charge >= 0.3 is 5.97 Å². The molecule has 3 aromatic rings. The van der Waals surface area contributed by atoms with E-state index in [1.54, 1.807) is 6.07 Å². The van der Waals surface area contributed by atoms with Crippen molar-refractivity contribution in [2.24, 2.45) is 7.05 Å². The van der Waals surface area contributed by atoms with E-state index in [1.165, 1.54) is 35.8 Å². The topological polar surface area (TPSA) is 86.1 Å². The molecular formula is C21H22N4O3S2. The van der Waals surface area contributed by atoms with Crippen LogP contribution in [0.2, 0.25) is 0 Å². The zero-order valence-electron chi connectivity index (χ0n) is 16.9. The average molecular weight is 443 g/mol. The molecule has 0 bridgehead atoms. The summed E-state index contributed by atoms with van der Waals surface area (Å²) < 4.78 is 6.75. The molecule has 0 aliphatic heterocycles. The number of aromatic nitrogens is 3. The van der Waals surface area contributed by atoms with Gasteiger partial charge in [-0.2, -0.15) is 0 Å². The highest BCUT2D eigenvalue weighted by molar-refractivity contribution is 7.99. The Kier molecular flexibility index (Phi) is 5.92. The number of carbonyl (C=O) groups is 2. The Morgan fingerprint density at radius 1 is 1.27 bits per heavy atom. The number of amides is 1.